The van der Waals surface area contributed by atoms with E-state index < -0.39 is 0 Å². The second kappa shape index (κ2) is 2.66. The van der Waals surface area contributed by atoms with Crippen molar-refractivity contribution in [3.8, 4) is 0 Å². The smallest absolute Gasteiger partial charge is 0.0289 e. The second-order valence-corrected chi connectivity index (χ2v) is 4.42. The van der Waals surface area contributed by atoms with Gasteiger partial charge in [0, 0.05) is 0 Å². The lowest BCUT2D eigenvalue weighted by Crippen LogP contribution is -2.14. The summed E-state index contributed by atoms with van der Waals surface area (Å²) in [6.45, 7) is 4.65. The predicted molar refractivity (Wildman–Crippen MR) is 48.4 cm³/mol. The number of fused-ring (bicyclic) bond motifs is 1. The van der Waals surface area contributed by atoms with Gasteiger partial charge in [0.25, 0.3) is 0 Å². The van der Waals surface area contributed by atoms with Crippen LogP contribution in [0.25, 0.3) is 0 Å². The Bertz CT molecular complexity index is 168. The Morgan fingerprint density at radius 3 is 1.82 bits per heavy atom. The Labute approximate surface area is 69.7 Å². The molecule has 0 aromatic rings. The van der Waals surface area contributed by atoms with E-state index in [1.165, 1.54) is 32.1 Å². The van der Waals surface area contributed by atoms with Crippen LogP contribution in [0.3, 0.4) is 0 Å². The van der Waals surface area contributed by atoms with E-state index in [0.717, 1.165) is 11.8 Å². The van der Waals surface area contributed by atoms with Gasteiger partial charge in [-0.3, -0.25) is 0 Å². The maximum absolute atomic E-state index is 2.32. The van der Waals surface area contributed by atoms with Gasteiger partial charge in [0.15, 0.2) is 0 Å². The molecular weight excluding hydrogens is 132 g/mol. The quantitative estimate of drug-likeness (QED) is 0.463. The summed E-state index contributed by atoms with van der Waals surface area (Å²) in [5.74, 6) is 2.14. The monoisotopic (exact) mass is 150 g/mol. The van der Waals surface area contributed by atoms with Gasteiger partial charge in [0.1, 0.15) is 0 Å². The topological polar surface area (TPSA) is 0 Å². The first kappa shape index (κ1) is 7.39. The van der Waals surface area contributed by atoms with E-state index >= 15 is 0 Å². The van der Waals surface area contributed by atoms with Gasteiger partial charge in [0.2, 0.25) is 0 Å². The third-order valence-corrected chi connectivity index (χ3v) is 3.68. The Kier molecular flexibility index (Phi) is 1.78. The standard InChI is InChI=1S/C11H18/c1-8-6-10-4-3-5-11(10)7-9(8)2/h10-11H,3-7H2,1-2H3/t10-,11+. The van der Waals surface area contributed by atoms with Gasteiger partial charge in [-0.2, -0.15) is 0 Å². The maximum atomic E-state index is 2.32. The number of hydrogen-bond acceptors (Lipinski definition) is 0. The van der Waals surface area contributed by atoms with E-state index in [2.05, 4.69) is 13.8 Å². The zero-order valence-electron chi connectivity index (χ0n) is 7.69. The lowest BCUT2D eigenvalue weighted by molar-refractivity contribution is 0.359. The van der Waals surface area contributed by atoms with Crippen molar-refractivity contribution in [3.63, 3.8) is 0 Å². The summed E-state index contributed by atoms with van der Waals surface area (Å²) in [5.41, 5.74) is 3.38. The molecule has 1 saturated carbocycles. The molecule has 0 N–H and O–H groups in total. The van der Waals surface area contributed by atoms with Crippen molar-refractivity contribution < 1.29 is 0 Å². The molecule has 0 spiro atoms. The zero-order valence-corrected chi connectivity index (χ0v) is 7.69. The van der Waals surface area contributed by atoms with E-state index in [0.29, 0.717) is 0 Å². The summed E-state index contributed by atoms with van der Waals surface area (Å²) in [5, 5.41) is 0. The van der Waals surface area contributed by atoms with Crippen molar-refractivity contribution in [3.05, 3.63) is 11.1 Å². The molecule has 0 heteroatoms. The summed E-state index contributed by atoms with van der Waals surface area (Å²) in [6, 6.07) is 0. The average Bonchev–Trinajstić information content (AvgIpc) is 2.36. The number of allylic oxidation sites excluding steroid dienone is 2. The van der Waals surface area contributed by atoms with Crippen molar-refractivity contribution in [2.24, 2.45) is 11.8 Å². The maximum Gasteiger partial charge on any atom is -0.0289 e. The molecule has 0 unspecified atom stereocenters. The highest BCUT2D eigenvalue weighted by Crippen LogP contribution is 2.43. The first-order chi connectivity index (χ1) is 5.27. The van der Waals surface area contributed by atoms with Gasteiger partial charge in [-0.15, -0.1) is 0 Å². The molecule has 0 amide bonds. The second-order valence-electron chi connectivity index (χ2n) is 4.42. The lowest BCUT2D eigenvalue weighted by Gasteiger charge is -2.27. The van der Waals surface area contributed by atoms with E-state index in [1.54, 1.807) is 11.1 Å². The van der Waals surface area contributed by atoms with Crippen LogP contribution in [0.5, 0.6) is 0 Å². The molecule has 11 heavy (non-hydrogen) atoms. The van der Waals surface area contributed by atoms with Gasteiger partial charge >= 0.3 is 0 Å². The van der Waals surface area contributed by atoms with E-state index in [9.17, 15) is 0 Å². The molecule has 0 aromatic heterocycles. The number of rotatable bonds is 0. The fraction of sp³-hybridized carbons (Fsp3) is 0.818. The van der Waals surface area contributed by atoms with E-state index in [-0.39, 0.29) is 0 Å². The van der Waals surface area contributed by atoms with Gasteiger partial charge in [-0.05, 0) is 51.4 Å². The third-order valence-electron chi connectivity index (χ3n) is 3.68. The number of hydrogen-bond donors (Lipinski definition) is 0. The van der Waals surface area contributed by atoms with E-state index in [4.69, 9.17) is 0 Å². The Morgan fingerprint density at radius 1 is 0.909 bits per heavy atom. The van der Waals surface area contributed by atoms with Crippen molar-refractivity contribution >= 4 is 0 Å². The molecule has 2 atom stereocenters. The first-order valence-electron chi connectivity index (χ1n) is 4.92. The molecule has 2 aliphatic rings. The Balaban J connectivity index is 2.14. The molecule has 0 bridgehead atoms. The molecule has 1 fully saturated rings. The van der Waals surface area contributed by atoms with Gasteiger partial charge < -0.3 is 0 Å². The summed E-state index contributed by atoms with van der Waals surface area (Å²) in [6.07, 6.45) is 7.34. The minimum Gasteiger partial charge on any atom is -0.0741 e. The van der Waals surface area contributed by atoms with Crippen LogP contribution in [0.4, 0.5) is 0 Å². The Hall–Kier alpha value is -0.260. The van der Waals surface area contributed by atoms with Crippen LogP contribution in [0.1, 0.15) is 46.0 Å². The van der Waals surface area contributed by atoms with Gasteiger partial charge in [-0.1, -0.05) is 17.6 Å². The van der Waals surface area contributed by atoms with Crippen LogP contribution in [0.2, 0.25) is 0 Å². The van der Waals surface area contributed by atoms with Crippen LogP contribution in [-0.2, 0) is 0 Å². The molecule has 0 aliphatic heterocycles. The average molecular weight is 150 g/mol. The van der Waals surface area contributed by atoms with Crippen LogP contribution >= 0.6 is 0 Å². The van der Waals surface area contributed by atoms with Crippen LogP contribution in [-0.4, -0.2) is 0 Å². The largest absolute Gasteiger partial charge is 0.0741 e. The van der Waals surface area contributed by atoms with Crippen LogP contribution < -0.4 is 0 Å². The first-order valence-corrected chi connectivity index (χ1v) is 4.92. The molecule has 62 valence electrons. The van der Waals surface area contributed by atoms with Gasteiger partial charge in [0.05, 0.1) is 0 Å². The summed E-state index contributed by atoms with van der Waals surface area (Å²) in [4.78, 5) is 0. The fourth-order valence-electron chi connectivity index (χ4n) is 2.79. The van der Waals surface area contributed by atoms with Gasteiger partial charge in [-0.25, -0.2) is 0 Å². The third kappa shape index (κ3) is 1.23. The fourth-order valence-corrected chi connectivity index (χ4v) is 2.79. The molecular formula is C11H18. The minimum atomic E-state index is 1.07. The Morgan fingerprint density at radius 2 is 1.36 bits per heavy atom. The lowest BCUT2D eigenvalue weighted by atomic mass is 9.79. The predicted octanol–water partition coefficient (Wildman–Crippen LogP) is 3.53. The van der Waals surface area contributed by atoms with Crippen molar-refractivity contribution in [1.82, 2.24) is 0 Å². The summed E-state index contributed by atoms with van der Waals surface area (Å²) >= 11 is 0. The zero-order chi connectivity index (χ0) is 7.84. The summed E-state index contributed by atoms with van der Waals surface area (Å²) < 4.78 is 0. The SMILES string of the molecule is CC1=C(C)C[C@@H]2CCC[C@@H]2C1. The van der Waals surface area contributed by atoms with Crippen LogP contribution in [0.15, 0.2) is 11.1 Å². The molecule has 0 heterocycles. The highest BCUT2D eigenvalue weighted by Gasteiger charge is 2.30. The summed E-state index contributed by atoms with van der Waals surface area (Å²) in [7, 11) is 0. The van der Waals surface area contributed by atoms with Crippen molar-refractivity contribution in [2.45, 2.75) is 46.0 Å². The van der Waals surface area contributed by atoms with Crippen molar-refractivity contribution in [2.75, 3.05) is 0 Å². The highest BCUT2D eigenvalue weighted by molar-refractivity contribution is 5.16. The molecule has 0 aromatic carbocycles. The molecule has 2 aliphatic carbocycles. The normalized spacial score (nSPS) is 37.6. The van der Waals surface area contributed by atoms with E-state index in [1.807, 2.05) is 0 Å². The minimum absolute atomic E-state index is 1.07. The molecule has 2 rings (SSSR count). The highest BCUT2D eigenvalue weighted by atomic mass is 14.4. The van der Waals surface area contributed by atoms with Crippen molar-refractivity contribution in [1.29, 1.82) is 0 Å². The molecule has 0 saturated heterocycles. The molecule has 0 radical (unpaired) electrons. The molecule has 0 nitrogen and oxygen atoms in total. The van der Waals surface area contributed by atoms with Crippen LogP contribution in [0, 0.1) is 11.8 Å².